The van der Waals surface area contributed by atoms with E-state index in [0.717, 1.165) is 17.9 Å². The van der Waals surface area contributed by atoms with Crippen LogP contribution in [0, 0.1) is 5.92 Å². The van der Waals surface area contributed by atoms with Gasteiger partial charge in [0.1, 0.15) is 11.6 Å². The Labute approximate surface area is 192 Å². The Hall–Kier alpha value is -1.98. The molecule has 10 heteroatoms. The molecule has 0 aliphatic rings. The van der Waals surface area contributed by atoms with Gasteiger partial charge in [0.05, 0.1) is 13.1 Å². The van der Waals surface area contributed by atoms with Crippen LogP contribution in [0.5, 0.6) is 5.75 Å². The van der Waals surface area contributed by atoms with E-state index in [1.54, 1.807) is 18.3 Å². The van der Waals surface area contributed by atoms with Gasteiger partial charge in [0.2, 0.25) is 0 Å². The summed E-state index contributed by atoms with van der Waals surface area (Å²) in [5, 5.41) is 6.44. The molecular formula is C20H29F3IN5O. The summed E-state index contributed by atoms with van der Waals surface area (Å²) in [6.07, 6.45) is -0.603. The van der Waals surface area contributed by atoms with Crippen LogP contribution >= 0.6 is 24.0 Å². The van der Waals surface area contributed by atoms with E-state index in [9.17, 15) is 13.2 Å². The summed E-state index contributed by atoms with van der Waals surface area (Å²) in [6.45, 7) is 7.51. The van der Waals surface area contributed by atoms with Crippen molar-refractivity contribution in [3.05, 3.63) is 48.0 Å². The molecule has 0 saturated carbocycles. The zero-order chi connectivity index (χ0) is 21.3. The van der Waals surface area contributed by atoms with Gasteiger partial charge in [0, 0.05) is 25.5 Å². The maximum Gasteiger partial charge on any atom is 0.422 e. The third kappa shape index (κ3) is 9.68. The van der Waals surface area contributed by atoms with Crippen LogP contribution in [0.15, 0.2) is 41.7 Å². The van der Waals surface area contributed by atoms with E-state index >= 15 is 0 Å². The van der Waals surface area contributed by atoms with Crippen molar-refractivity contribution in [3.63, 3.8) is 0 Å². The standard InChI is InChI=1S/C20H28F3N5O.HI/c1-4-24-19(27-12-18-25-9-10-28(18)13-15(2)3)26-11-16-5-7-17(8-6-16)29-14-20(21,22)23;/h5-10,15H,4,11-14H2,1-3H3,(H2,24,26,27);1H. The summed E-state index contributed by atoms with van der Waals surface area (Å²) in [7, 11) is 0. The predicted octanol–water partition coefficient (Wildman–Crippen LogP) is 4.35. The van der Waals surface area contributed by atoms with E-state index in [2.05, 4.69) is 39.0 Å². The third-order valence-electron chi connectivity index (χ3n) is 3.87. The number of aliphatic imine (C=N–C) groups is 1. The van der Waals surface area contributed by atoms with Crippen molar-refractivity contribution in [2.45, 2.75) is 46.6 Å². The zero-order valence-electron chi connectivity index (χ0n) is 17.4. The van der Waals surface area contributed by atoms with E-state index < -0.39 is 12.8 Å². The Balaban J connectivity index is 0.00000450. The number of hydrogen-bond donors (Lipinski definition) is 2. The van der Waals surface area contributed by atoms with Crippen LogP contribution in [0.3, 0.4) is 0 Å². The number of aromatic nitrogens is 2. The molecule has 0 aliphatic carbocycles. The topological polar surface area (TPSA) is 63.5 Å². The zero-order valence-corrected chi connectivity index (χ0v) is 19.7. The molecule has 2 rings (SSSR count). The van der Waals surface area contributed by atoms with E-state index in [1.165, 1.54) is 12.1 Å². The number of hydrogen-bond acceptors (Lipinski definition) is 3. The van der Waals surface area contributed by atoms with Crippen LogP contribution in [0.2, 0.25) is 0 Å². The second-order valence-corrected chi connectivity index (χ2v) is 6.99. The Morgan fingerprint density at radius 2 is 1.90 bits per heavy atom. The largest absolute Gasteiger partial charge is 0.484 e. The quantitative estimate of drug-likeness (QED) is 0.283. The van der Waals surface area contributed by atoms with Gasteiger partial charge < -0.3 is 19.9 Å². The second kappa shape index (κ2) is 12.7. The molecule has 30 heavy (non-hydrogen) atoms. The van der Waals surface area contributed by atoms with Crippen LogP contribution in [0.25, 0.3) is 0 Å². The van der Waals surface area contributed by atoms with Crippen molar-refractivity contribution in [2.24, 2.45) is 10.9 Å². The maximum atomic E-state index is 12.2. The fraction of sp³-hybridized carbons (Fsp3) is 0.500. The minimum atomic E-state index is -4.35. The van der Waals surface area contributed by atoms with Gasteiger partial charge in [-0.1, -0.05) is 26.0 Å². The lowest BCUT2D eigenvalue weighted by Crippen LogP contribution is -2.37. The maximum absolute atomic E-state index is 12.2. The molecule has 2 N–H and O–H groups in total. The highest BCUT2D eigenvalue weighted by atomic mass is 127. The number of rotatable bonds is 9. The van der Waals surface area contributed by atoms with E-state index in [4.69, 9.17) is 4.74 Å². The molecule has 0 saturated heterocycles. The van der Waals surface area contributed by atoms with Gasteiger partial charge in [-0.2, -0.15) is 13.2 Å². The van der Waals surface area contributed by atoms with Crippen LogP contribution in [0.4, 0.5) is 13.2 Å². The molecule has 1 heterocycles. The fourth-order valence-corrected chi connectivity index (χ4v) is 2.60. The van der Waals surface area contributed by atoms with Gasteiger partial charge in [-0.05, 0) is 30.5 Å². The molecule has 2 aromatic rings. The van der Waals surface area contributed by atoms with Gasteiger partial charge in [0.15, 0.2) is 12.6 Å². The lowest BCUT2D eigenvalue weighted by atomic mass is 10.2. The lowest BCUT2D eigenvalue weighted by Gasteiger charge is -2.14. The van der Waals surface area contributed by atoms with Crippen molar-refractivity contribution in [2.75, 3.05) is 13.2 Å². The van der Waals surface area contributed by atoms with Crippen molar-refractivity contribution in [3.8, 4) is 5.75 Å². The first kappa shape index (κ1) is 26.1. The van der Waals surface area contributed by atoms with Crippen molar-refractivity contribution >= 4 is 29.9 Å². The van der Waals surface area contributed by atoms with E-state index in [-0.39, 0.29) is 29.7 Å². The molecule has 0 bridgehead atoms. The summed E-state index contributed by atoms with van der Waals surface area (Å²) in [5.74, 6) is 2.27. The summed E-state index contributed by atoms with van der Waals surface area (Å²) in [6, 6.07) is 6.43. The molecule has 0 atom stereocenters. The van der Waals surface area contributed by atoms with Crippen molar-refractivity contribution < 1.29 is 17.9 Å². The normalized spacial score (nSPS) is 11.9. The number of imidazole rings is 1. The number of guanidine groups is 1. The average Bonchev–Trinajstić information content (AvgIpc) is 3.09. The predicted molar refractivity (Wildman–Crippen MR) is 122 cm³/mol. The number of nitrogens with zero attached hydrogens (tertiary/aromatic N) is 3. The SMILES string of the molecule is CCNC(=NCc1ccc(OCC(F)(F)F)cc1)NCc1nccn1CC(C)C.I. The number of halogens is 4. The van der Waals surface area contributed by atoms with Gasteiger partial charge in [0.25, 0.3) is 0 Å². The summed E-state index contributed by atoms with van der Waals surface area (Å²) in [4.78, 5) is 8.91. The first-order valence-corrected chi connectivity index (χ1v) is 9.57. The first-order chi connectivity index (χ1) is 13.8. The van der Waals surface area contributed by atoms with Gasteiger partial charge in [-0.25, -0.2) is 9.98 Å². The molecule has 0 aliphatic heterocycles. The van der Waals surface area contributed by atoms with Gasteiger partial charge >= 0.3 is 6.18 Å². The number of nitrogens with one attached hydrogen (secondary N) is 2. The minimum Gasteiger partial charge on any atom is -0.484 e. The third-order valence-corrected chi connectivity index (χ3v) is 3.87. The highest BCUT2D eigenvalue weighted by molar-refractivity contribution is 14.0. The number of benzene rings is 1. The van der Waals surface area contributed by atoms with Gasteiger partial charge in [-0.3, -0.25) is 0 Å². The van der Waals surface area contributed by atoms with Crippen LogP contribution in [-0.4, -0.2) is 34.8 Å². The van der Waals surface area contributed by atoms with Gasteiger partial charge in [-0.15, -0.1) is 24.0 Å². The summed E-state index contributed by atoms with van der Waals surface area (Å²) < 4.78 is 43.4. The lowest BCUT2D eigenvalue weighted by molar-refractivity contribution is -0.153. The Morgan fingerprint density at radius 3 is 2.50 bits per heavy atom. The molecule has 0 radical (unpaired) electrons. The number of ether oxygens (including phenoxy) is 1. The molecule has 0 spiro atoms. The first-order valence-electron chi connectivity index (χ1n) is 9.57. The average molecular weight is 539 g/mol. The molecule has 0 unspecified atom stereocenters. The van der Waals surface area contributed by atoms with Crippen LogP contribution in [0.1, 0.15) is 32.2 Å². The fourth-order valence-electron chi connectivity index (χ4n) is 2.60. The highest BCUT2D eigenvalue weighted by Crippen LogP contribution is 2.19. The van der Waals surface area contributed by atoms with E-state index in [1.807, 2.05) is 13.1 Å². The molecule has 0 fully saturated rings. The van der Waals surface area contributed by atoms with Crippen LogP contribution < -0.4 is 15.4 Å². The molecule has 6 nitrogen and oxygen atoms in total. The molecule has 1 aromatic carbocycles. The smallest absolute Gasteiger partial charge is 0.422 e. The van der Waals surface area contributed by atoms with Crippen LogP contribution in [-0.2, 0) is 19.6 Å². The van der Waals surface area contributed by atoms with E-state index in [0.29, 0.717) is 31.5 Å². The number of alkyl halides is 3. The molecule has 0 amide bonds. The summed E-state index contributed by atoms with van der Waals surface area (Å²) in [5.41, 5.74) is 0.864. The second-order valence-electron chi connectivity index (χ2n) is 6.99. The highest BCUT2D eigenvalue weighted by Gasteiger charge is 2.28. The molecular weight excluding hydrogens is 510 g/mol. The Morgan fingerprint density at radius 1 is 1.20 bits per heavy atom. The van der Waals surface area contributed by atoms with Crippen molar-refractivity contribution in [1.29, 1.82) is 0 Å². The Bertz CT molecular complexity index is 775. The van der Waals surface area contributed by atoms with Crippen molar-refractivity contribution in [1.82, 2.24) is 20.2 Å². The minimum absolute atomic E-state index is 0. The summed E-state index contributed by atoms with van der Waals surface area (Å²) >= 11 is 0. The Kier molecular flexibility index (Phi) is 11.0. The monoisotopic (exact) mass is 539 g/mol. The molecule has 168 valence electrons. The molecule has 1 aromatic heterocycles.